The monoisotopic (exact) mass is 335 g/mol. The van der Waals surface area contributed by atoms with Gasteiger partial charge >= 0.3 is 5.97 Å². The molecule has 0 radical (unpaired) electrons. The van der Waals surface area contributed by atoms with E-state index < -0.39 is 16.0 Å². The highest BCUT2D eigenvalue weighted by Gasteiger charge is 2.18. The maximum atomic E-state index is 12.4. The van der Waals surface area contributed by atoms with Gasteiger partial charge in [0.2, 0.25) is 0 Å². The van der Waals surface area contributed by atoms with Crippen LogP contribution in [0.4, 0.5) is 5.69 Å². The van der Waals surface area contributed by atoms with Crippen LogP contribution in [0.1, 0.15) is 15.9 Å². The summed E-state index contributed by atoms with van der Waals surface area (Å²) in [7, 11) is -1.04. The first-order valence-electron chi connectivity index (χ1n) is 6.73. The highest BCUT2D eigenvalue weighted by atomic mass is 32.2. The molecule has 7 heteroatoms. The predicted molar refractivity (Wildman–Crippen MR) is 86.3 cm³/mol. The number of carbonyl (C=O) groups excluding carboxylic acids is 1. The summed E-state index contributed by atoms with van der Waals surface area (Å²) in [6.45, 7) is 1.71. The summed E-state index contributed by atoms with van der Waals surface area (Å²) in [5, 5.41) is 0. The Labute approximate surface area is 135 Å². The van der Waals surface area contributed by atoms with E-state index >= 15 is 0 Å². The fourth-order valence-corrected chi connectivity index (χ4v) is 3.06. The molecule has 2 rings (SSSR count). The molecule has 0 saturated heterocycles. The van der Waals surface area contributed by atoms with Crippen molar-refractivity contribution in [2.45, 2.75) is 11.8 Å². The lowest BCUT2D eigenvalue weighted by atomic mass is 10.1. The van der Waals surface area contributed by atoms with Gasteiger partial charge in [0.25, 0.3) is 10.0 Å². The fraction of sp³-hybridized carbons (Fsp3) is 0.188. The number of esters is 1. The van der Waals surface area contributed by atoms with Gasteiger partial charge in [-0.3, -0.25) is 4.72 Å². The molecule has 0 aliphatic carbocycles. The lowest BCUT2D eigenvalue weighted by Crippen LogP contribution is -2.14. The molecule has 0 aliphatic rings. The topological polar surface area (TPSA) is 81.7 Å². The summed E-state index contributed by atoms with van der Waals surface area (Å²) in [5.74, 6) is 0.0419. The highest BCUT2D eigenvalue weighted by Crippen LogP contribution is 2.21. The number of benzene rings is 2. The molecule has 0 atom stereocenters. The largest absolute Gasteiger partial charge is 0.497 e. The second-order valence-corrected chi connectivity index (χ2v) is 6.48. The normalized spacial score (nSPS) is 10.9. The third kappa shape index (κ3) is 3.81. The maximum Gasteiger partial charge on any atom is 0.338 e. The maximum absolute atomic E-state index is 12.4. The predicted octanol–water partition coefficient (Wildman–Crippen LogP) is 2.59. The lowest BCUT2D eigenvalue weighted by molar-refractivity contribution is 0.0599. The van der Waals surface area contributed by atoms with E-state index in [0.29, 0.717) is 17.0 Å². The first kappa shape index (κ1) is 16.8. The minimum atomic E-state index is -3.81. The number of aryl methyl sites for hydroxylation is 1. The number of methoxy groups -OCH3 is 2. The minimum Gasteiger partial charge on any atom is -0.497 e. The summed E-state index contributed by atoms with van der Waals surface area (Å²) in [6.07, 6.45) is 0. The van der Waals surface area contributed by atoms with Crippen molar-refractivity contribution in [2.24, 2.45) is 0 Å². The van der Waals surface area contributed by atoms with Crippen LogP contribution in [0.5, 0.6) is 5.75 Å². The Kier molecular flexibility index (Phi) is 4.90. The van der Waals surface area contributed by atoms with E-state index in [4.69, 9.17) is 4.74 Å². The third-order valence-electron chi connectivity index (χ3n) is 3.27. The van der Waals surface area contributed by atoms with Crippen LogP contribution < -0.4 is 9.46 Å². The zero-order valence-corrected chi connectivity index (χ0v) is 13.8. The van der Waals surface area contributed by atoms with Crippen molar-refractivity contribution in [3.8, 4) is 5.75 Å². The van der Waals surface area contributed by atoms with Gasteiger partial charge in [0.15, 0.2) is 0 Å². The van der Waals surface area contributed by atoms with Gasteiger partial charge in [-0.2, -0.15) is 0 Å². The standard InChI is InChI=1S/C16H17NO5S/c1-11-4-9-14(10-15(11)16(18)22-3)23(19,20)17-12-5-7-13(21-2)8-6-12/h4-10,17H,1-3H3. The van der Waals surface area contributed by atoms with Gasteiger partial charge in [0.05, 0.1) is 24.7 Å². The molecule has 0 unspecified atom stereocenters. The molecule has 0 aliphatic heterocycles. The number of nitrogens with one attached hydrogen (secondary N) is 1. The van der Waals surface area contributed by atoms with E-state index in [9.17, 15) is 13.2 Å². The van der Waals surface area contributed by atoms with E-state index in [1.807, 2.05) is 0 Å². The highest BCUT2D eigenvalue weighted by molar-refractivity contribution is 7.92. The number of anilines is 1. The average Bonchev–Trinajstić information content (AvgIpc) is 2.54. The minimum absolute atomic E-state index is 0.0145. The molecule has 6 nitrogen and oxygen atoms in total. The molecule has 0 fully saturated rings. The number of hydrogen-bond acceptors (Lipinski definition) is 5. The van der Waals surface area contributed by atoms with Crippen molar-refractivity contribution in [3.05, 3.63) is 53.6 Å². The molecule has 23 heavy (non-hydrogen) atoms. The van der Waals surface area contributed by atoms with Crippen molar-refractivity contribution < 1.29 is 22.7 Å². The molecule has 0 saturated carbocycles. The summed E-state index contributed by atoms with van der Waals surface area (Å²) >= 11 is 0. The van der Waals surface area contributed by atoms with E-state index in [0.717, 1.165) is 0 Å². The van der Waals surface area contributed by atoms with Crippen LogP contribution in [0, 0.1) is 6.92 Å². The lowest BCUT2D eigenvalue weighted by Gasteiger charge is -2.11. The molecule has 0 aromatic heterocycles. The zero-order chi connectivity index (χ0) is 17.0. The Morgan fingerprint density at radius 2 is 1.70 bits per heavy atom. The van der Waals surface area contributed by atoms with Gasteiger partial charge < -0.3 is 9.47 Å². The van der Waals surface area contributed by atoms with Crippen LogP contribution in [-0.4, -0.2) is 28.6 Å². The number of ether oxygens (including phenoxy) is 2. The Balaban J connectivity index is 2.33. The molecular formula is C16H17NO5S. The van der Waals surface area contributed by atoms with E-state index in [2.05, 4.69) is 9.46 Å². The smallest absolute Gasteiger partial charge is 0.338 e. The van der Waals surface area contributed by atoms with Gasteiger partial charge in [-0.1, -0.05) is 6.07 Å². The molecule has 2 aromatic rings. The van der Waals surface area contributed by atoms with Gasteiger partial charge in [-0.25, -0.2) is 13.2 Å². The molecule has 0 spiro atoms. The SMILES string of the molecule is COC(=O)c1cc(S(=O)(=O)Nc2ccc(OC)cc2)ccc1C. The van der Waals surface area contributed by atoms with Crippen molar-refractivity contribution >= 4 is 21.7 Å². The van der Waals surface area contributed by atoms with Gasteiger partial charge in [-0.05, 0) is 48.9 Å². The van der Waals surface area contributed by atoms with E-state index in [-0.39, 0.29) is 10.5 Å². The van der Waals surface area contributed by atoms with Crippen LogP contribution in [0.2, 0.25) is 0 Å². The Morgan fingerprint density at radius 3 is 2.26 bits per heavy atom. The molecule has 0 amide bonds. The number of carbonyl (C=O) groups is 1. The zero-order valence-electron chi connectivity index (χ0n) is 13.0. The number of sulfonamides is 1. The molecule has 0 bridgehead atoms. The van der Waals surface area contributed by atoms with Crippen LogP contribution in [-0.2, 0) is 14.8 Å². The molecular weight excluding hydrogens is 318 g/mol. The first-order valence-corrected chi connectivity index (χ1v) is 8.21. The molecule has 2 aromatic carbocycles. The van der Waals surface area contributed by atoms with Gasteiger partial charge in [0, 0.05) is 5.69 Å². The summed E-state index contributed by atoms with van der Waals surface area (Å²) in [5.41, 5.74) is 1.25. The van der Waals surface area contributed by atoms with Gasteiger partial charge in [0.1, 0.15) is 5.75 Å². The second kappa shape index (κ2) is 6.70. The quantitative estimate of drug-likeness (QED) is 0.849. The molecule has 122 valence electrons. The molecule has 1 N–H and O–H groups in total. The van der Waals surface area contributed by atoms with Crippen molar-refractivity contribution in [1.82, 2.24) is 0 Å². The van der Waals surface area contributed by atoms with E-state index in [1.54, 1.807) is 37.3 Å². The van der Waals surface area contributed by atoms with Crippen LogP contribution >= 0.6 is 0 Å². The number of rotatable bonds is 5. The first-order chi connectivity index (χ1) is 10.9. The average molecular weight is 335 g/mol. The number of hydrogen-bond donors (Lipinski definition) is 1. The second-order valence-electron chi connectivity index (χ2n) is 4.80. The van der Waals surface area contributed by atoms with Crippen molar-refractivity contribution in [2.75, 3.05) is 18.9 Å². The van der Waals surface area contributed by atoms with E-state index in [1.165, 1.54) is 26.4 Å². The van der Waals surface area contributed by atoms with Crippen LogP contribution in [0.15, 0.2) is 47.4 Å². The third-order valence-corrected chi connectivity index (χ3v) is 4.65. The van der Waals surface area contributed by atoms with Crippen LogP contribution in [0.3, 0.4) is 0 Å². The Bertz CT molecular complexity index is 813. The summed E-state index contributed by atoms with van der Waals surface area (Å²) < 4.78 is 37.0. The Morgan fingerprint density at radius 1 is 1.04 bits per heavy atom. The Hall–Kier alpha value is -2.54. The summed E-state index contributed by atoms with van der Waals surface area (Å²) in [6, 6.07) is 10.8. The van der Waals surface area contributed by atoms with Crippen LogP contribution in [0.25, 0.3) is 0 Å². The molecule has 0 heterocycles. The summed E-state index contributed by atoms with van der Waals surface area (Å²) in [4.78, 5) is 11.7. The fourth-order valence-electron chi connectivity index (χ4n) is 1.97. The van der Waals surface area contributed by atoms with Crippen molar-refractivity contribution in [3.63, 3.8) is 0 Å². The van der Waals surface area contributed by atoms with Crippen molar-refractivity contribution in [1.29, 1.82) is 0 Å². The van der Waals surface area contributed by atoms with Gasteiger partial charge in [-0.15, -0.1) is 0 Å².